The van der Waals surface area contributed by atoms with Crippen LogP contribution in [-0.2, 0) is 10.0 Å². The van der Waals surface area contributed by atoms with Crippen molar-refractivity contribution >= 4 is 10.0 Å². The van der Waals surface area contributed by atoms with Gasteiger partial charge in [-0.05, 0) is 32.9 Å². The number of sulfonamides is 1. The summed E-state index contributed by atoms with van der Waals surface area (Å²) in [4.78, 5) is 0.292. The van der Waals surface area contributed by atoms with Gasteiger partial charge in [-0.15, -0.1) is 0 Å². The van der Waals surface area contributed by atoms with E-state index in [-0.39, 0.29) is 13.1 Å². The molecule has 0 fully saturated rings. The highest BCUT2D eigenvalue weighted by atomic mass is 32.2. The molecule has 82 valence electrons. The predicted octanol–water partition coefficient (Wildman–Crippen LogP) is 1.65. The van der Waals surface area contributed by atoms with E-state index >= 15 is 0 Å². The first-order valence-corrected chi connectivity index (χ1v) is 6.11. The molecule has 1 aromatic rings. The van der Waals surface area contributed by atoms with Crippen molar-refractivity contribution in [2.75, 3.05) is 13.1 Å². The first-order chi connectivity index (χ1) is 7.02. The average Bonchev–Trinajstić information content (AvgIpc) is 2.19. The van der Waals surface area contributed by atoms with E-state index in [4.69, 9.17) is 0 Å². The molecule has 0 heterocycles. The maximum absolute atomic E-state index is 12.0. The van der Waals surface area contributed by atoms with E-state index in [0.29, 0.717) is 4.90 Å². The normalized spacial score (nSPS) is 12.0. The molecule has 0 aliphatic heterocycles. The lowest BCUT2D eigenvalue weighted by molar-refractivity contribution is 0.472. The summed E-state index contributed by atoms with van der Waals surface area (Å²) in [5.41, 5.74) is 1.03. The molecule has 4 heteroatoms. The van der Waals surface area contributed by atoms with E-state index in [9.17, 15) is 8.42 Å². The van der Waals surface area contributed by atoms with Crippen LogP contribution in [0.3, 0.4) is 0 Å². The molecule has 1 rings (SSSR count). The Hall–Kier alpha value is -0.870. The fourth-order valence-corrected chi connectivity index (χ4v) is 2.47. The highest BCUT2D eigenvalue weighted by Gasteiger charge is 2.20. The Kier molecular flexibility index (Phi) is 3.88. The molecule has 1 aromatic carbocycles. The molecule has 0 bridgehead atoms. The highest BCUT2D eigenvalue weighted by molar-refractivity contribution is 7.89. The van der Waals surface area contributed by atoms with Crippen LogP contribution in [0.15, 0.2) is 29.2 Å². The Morgan fingerprint density at radius 3 is 2.00 bits per heavy atom. The zero-order chi connectivity index (χ0) is 11.5. The van der Waals surface area contributed by atoms with Crippen LogP contribution in [0.2, 0.25) is 0 Å². The number of aryl methyl sites for hydroxylation is 1. The van der Waals surface area contributed by atoms with Crippen LogP contribution in [0.1, 0.15) is 5.56 Å². The maximum Gasteiger partial charge on any atom is 0.243 e. The van der Waals surface area contributed by atoms with Crippen LogP contribution >= 0.6 is 0 Å². The summed E-state index contributed by atoms with van der Waals surface area (Å²) in [6, 6.07) is 6.75. The van der Waals surface area contributed by atoms with Crippen LogP contribution in [0.5, 0.6) is 0 Å². The second-order valence-corrected chi connectivity index (χ2v) is 5.16. The Balaban J connectivity index is 3.11. The summed E-state index contributed by atoms with van der Waals surface area (Å²) in [6.45, 7) is 9.45. The number of rotatable bonds is 4. The summed E-state index contributed by atoms with van der Waals surface area (Å²) in [5.74, 6) is 0. The van der Waals surface area contributed by atoms with Crippen LogP contribution in [0, 0.1) is 20.8 Å². The van der Waals surface area contributed by atoms with E-state index in [0.717, 1.165) is 5.56 Å². The van der Waals surface area contributed by atoms with Gasteiger partial charge in [0.2, 0.25) is 10.0 Å². The monoisotopic (exact) mass is 225 g/mol. The molecule has 2 radical (unpaired) electrons. The van der Waals surface area contributed by atoms with Gasteiger partial charge in [-0.2, -0.15) is 4.31 Å². The Morgan fingerprint density at radius 2 is 1.60 bits per heavy atom. The van der Waals surface area contributed by atoms with Gasteiger partial charge >= 0.3 is 0 Å². The van der Waals surface area contributed by atoms with Gasteiger partial charge in [-0.25, -0.2) is 8.42 Å². The van der Waals surface area contributed by atoms with Crippen LogP contribution < -0.4 is 0 Å². The van der Waals surface area contributed by atoms with Gasteiger partial charge in [0, 0.05) is 13.1 Å². The molecule has 0 spiro atoms. The Labute approximate surface area is 91.8 Å². The van der Waals surface area contributed by atoms with Gasteiger partial charge in [0.1, 0.15) is 0 Å². The Bertz CT molecular complexity index is 405. The predicted molar refractivity (Wildman–Crippen MR) is 60.7 cm³/mol. The van der Waals surface area contributed by atoms with Gasteiger partial charge < -0.3 is 0 Å². The van der Waals surface area contributed by atoms with Crippen LogP contribution in [0.4, 0.5) is 0 Å². The molecule has 0 amide bonds. The third-order valence-corrected chi connectivity index (χ3v) is 4.07. The zero-order valence-electron chi connectivity index (χ0n) is 8.81. The molecule has 0 aliphatic rings. The first-order valence-electron chi connectivity index (χ1n) is 4.67. The molecule has 3 nitrogen and oxygen atoms in total. The lowest BCUT2D eigenvalue weighted by Gasteiger charge is -2.18. The molecule has 0 unspecified atom stereocenters. The molecular formula is C11H15NO2S. The van der Waals surface area contributed by atoms with Gasteiger partial charge in [-0.3, -0.25) is 0 Å². The van der Waals surface area contributed by atoms with Crippen molar-refractivity contribution in [3.05, 3.63) is 43.7 Å². The van der Waals surface area contributed by atoms with Gasteiger partial charge in [0.15, 0.2) is 0 Å². The van der Waals surface area contributed by atoms with Crippen LogP contribution in [-0.4, -0.2) is 25.8 Å². The average molecular weight is 225 g/mol. The quantitative estimate of drug-likeness (QED) is 0.781. The van der Waals surface area contributed by atoms with E-state index < -0.39 is 10.0 Å². The third kappa shape index (κ3) is 2.58. The minimum Gasteiger partial charge on any atom is -0.207 e. The van der Waals surface area contributed by atoms with E-state index in [1.165, 1.54) is 4.31 Å². The van der Waals surface area contributed by atoms with Crippen molar-refractivity contribution in [1.29, 1.82) is 0 Å². The van der Waals surface area contributed by atoms with Crippen molar-refractivity contribution in [2.45, 2.75) is 11.8 Å². The molecule has 15 heavy (non-hydrogen) atoms. The highest BCUT2D eigenvalue weighted by Crippen LogP contribution is 2.15. The molecule has 0 aromatic heterocycles. The van der Waals surface area contributed by atoms with E-state index in [2.05, 4.69) is 13.8 Å². The summed E-state index contributed by atoms with van der Waals surface area (Å²) in [6.07, 6.45) is 0. The third-order valence-electron chi connectivity index (χ3n) is 2.16. The summed E-state index contributed by atoms with van der Waals surface area (Å²) in [7, 11) is -3.41. The van der Waals surface area contributed by atoms with Crippen molar-refractivity contribution in [2.24, 2.45) is 0 Å². The second-order valence-electron chi connectivity index (χ2n) is 3.22. The topological polar surface area (TPSA) is 37.4 Å². The van der Waals surface area contributed by atoms with Crippen molar-refractivity contribution < 1.29 is 8.42 Å². The van der Waals surface area contributed by atoms with Crippen molar-refractivity contribution in [3.8, 4) is 0 Å². The lowest BCUT2D eigenvalue weighted by Crippen LogP contribution is -2.30. The number of nitrogens with zero attached hydrogens (tertiary/aromatic N) is 1. The zero-order valence-corrected chi connectivity index (χ0v) is 9.63. The fourth-order valence-electron chi connectivity index (χ4n) is 1.21. The van der Waals surface area contributed by atoms with E-state index in [1.807, 2.05) is 6.92 Å². The largest absolute Gasteiger partial charge is 0.243 e. The van der Waals surface area contributed by atoms with Crippen LogP contribution in [0.25, 0.3) is 0 Å². The minimum atomic E-state index is -3.41. The van der Waals surface area contributed by atoms with Crippen molar-refractivity contribution in [1.82, 2.24) is 4.31 Å². The molecular weight excluding hydrogens is 210 g/mol. The Morgan fingerprint density at radius 1 is 1.13 bits per heavy atom. The SMILES string of the molecule is [CH2]CN(C[CH2])S(=O)(=O)c1ccc(C)cc1. The molecule has 0 saturated carbocycles. The van der Waals surface area contributed by atoms with Crippen molar-refractivity contribution in [3.63, 3.8) is 0 Å². The summed E-state index contributed by atoms with van der Waals surface area (Å²) in [5, 5.41) is 0. The standard InChI is InChI=1S/C11H15NO2S/c1-4-12(5-2)15(13,14)11-8-6-10(3)7-9-11/h6-9H,1-2,4-5H2,3H3. The van der Waals surface area contributed by atoms with Gasteiger partial charge in [0.05, 0.1) is 4.90 Å². The lowest BCUT2D eigenvalue weighted by atomic mass is 10.2. The molecule has 0 aliphatic carbocycles. The summed E-state index contributed by atoms with van der Waals surface area (Å²) < 4.78 is 25.1. The molecule has 0 N–H and O–H groups in total. The fraction of sp³-hybridized carbons (Fsp3) is 0.273. The smallest absolute Gasteiger partial charge is 0.207 e. The molecule has 0 saturated heterocycles. The number of benzene rings is 1. The van der Waals surface area contributed by atoms with E-state index in [1.54, 1.807) is 24.3 Å². The van der Waals surface area contributed by atoms with Gasteiger partial charge in [0.25, 0.3) is 0 Å². The summed E-state index contributed by atoms with van der Waals surface area (Å²) >= 11 is 0. The second kappa shape index (κ2) is 4.77. The number of hydrogen-bond acceptors (Lipinski definition) is 2. The number of hydrogen-bond donors (Lipinski definition) is 0. The maximum atomic E-state index is 12.0. The molecule has 0 atom stereocenters. The minimum absolute atomic E-state index is 0.194. The van der Waals surface area contributed by atoms with Gasteiger partial charge in [-0.1, -0.05) is 17.7 Å². The first kappa shape index (κ1) is 12.2.